The van der Waals surface area contributed by atoms with Crippen LogP contribution in [0, 0.1) is 0 Å². The molecule has 0 unspecified atom stereocenters. The molecule has 1 aromatic heterocycles. The van der Waals surface area contributed by atoms with Gasteiger partial charge in [-0.2, -0.15) is 4.31 Å². The van der Waals surface area contributed by atoms with Crippen molar-refractivity contribution in [2.45, 2.75) is 24.5 Å². The molecule has 1 saturated heterocycles. The molecule has 0 amide bonds. The van der Waals surface area contributed by atoms with E-state index in [0.717, 1.165) is 32.5 Å². The van der Waals surface area contributed by atoms with Crippen molar-refractivity contribution in [3.63, 3.8) is 0 Å². The molecular formula is C17H22N2O3S. The molecule has 6 heteroatoms. The molecule has 0 atom stereocenters. The van der Waals surface area contributed by atoms with Gasteiger partial charge < -0.3 is 4.42 Å². The van der Waals surface area contributed by atoms with E-state index in [-0.39, 0.29) is 5.09 Å². The minimum atomic E-state index is -3.49. The third-order valence-electron chi connectivity index (χ3n) is 4.10. The highest BCUT2D eigenvalue weighted by molar-refractivity contribution is 7.89. The summed E-state index contributed by atoms with van der Waals surface area (Å²) in [6, 6.07) is 13.5. The normalized spacial score (nSPS) is 18.4. The molecule has 0 spiro atoms. The zero-order chi connectivity index (χ0) is 16.1. The van der Waals surface area contributed by atoms with E-state index in [2.05, 4.69) is 29.2 Å². The van der Waals surface area contributed by atoms with Crippen LogP contribution >= 0.6 is 0 Å². The Morgan fingerprint density at radius 2 is 1.61 bits per heavy atom. The van der Waals surface area contributed by atoms with Gasteiger partial charge in [0.1, 0.15) is 0 Å². The molecular weight excluding hydrogens is 312 g/mol. The Kier molecular flexibility index (Phi) is 5.15. The lowest BCUT2D eigenvalue weighted by molar-refractivity contribution is 0.217. The summed E-state index contributed by atoms with van der Waals surface area (Å²) in [5.41, 5.74) is 1.30. The molecule has 1 aliphatic rings. The second kappa shape index (κ2) is 7.29. The molecule has 2 aromatic rings. The maximum absolute atomic E-state index is 12.5. The summed E-state index contributed by atoms with van der Waals surface area (Å²) in [7, 11) is -3.49. The first-order valence-corrected chi connectivity index (χ1v) is 9.40. The fourth-order valence-electron chi connectivity index (χ4n) is 2.94. The van der Waals surface area contributed by atoms with E-state index < -0.39 is 10.0 Å². The predicted octanol–water partition coefficient (Wildman–Crippen LogP) is 2.57. The molecule has 0 saturated carbocycles. The van der Waals surface area contributed by atoms with Crippen LogP contribution in [0.15, 0.2) is 58.2 Å². The number of hydrogen-bond acceptors (Lipinski definition) is 4. The number of benzene rings is 1. The molecule has 0 N–H and O–H groups in total. The Morgan fingerprint density at radius 3 is 2.22 bits per heavy atom. The van der Waals surface area contributed by atoms with E-state index in [1.165, 1.54) is 17.9 Å². The Labute approximate surface area is 137 Å². The van der Waals surface area contributed by atoms with Gasteiger partial charge in [0.15, 0.2) is 0 Å². The summed E-state index contributed by atoms with van der Waals surface area (Å²) >= 11 is 0. The predicted molar refractivity (Wildman–Crippen MR) is 88.4 cm³/mol. The van der Waals surface area contributed by atoms with Gasteiger partial charge >= 0.3 is 0 Å². The smallest absolute Gasteiger partial charge is 0.276 e. The summed E-state index contributed by atoms with van der Waals surface area (Å²) in [5.74, 6) is 0. The van der Waals surface area contributed by atoms with Gasteiger partial charge in [-0.15, -0.1) is 0 Å². The largest absolute Gasteiger partial charge is 0.452 e. The standard InChI is InChI=1S/C17H22N2O3S/c20-23(21,17-9-4-14-22-17)19-12-5-10-18(11-6-13-19)15-16-7-2-1-3-8-16/h1-4,7-9,14H,5-6,10-13,15H2. The lowest BCUT2D eigenvalue weighted by atomic mass is 10.2. The second-order valence-corrected chi connectivity index (χ2v) is 7.67. The third-order valence-corrected chi connectivity index (χ3v) is 5.89. The van der Waals surface area contributed by atoms with E-state index in [1.807, 2.05) is 6.07 Å². The number of furan rings is 1. The molecule has 0 bridgehead atoms. The maximum atomic E-state index is 12.5. The van der Waals surface area contributed by atoms with Gasteiger partial charge in [-0.3, -0.25) is 4.90 Å². The number of rotatable bonds is 4. The van der Waals surface area contributed by atoms with Gasteiger partial charge in [0.05, 0.1) is 6.26 Å². The first kappa shape index (κ1) is 16.2. The molecule has 1 fully saturated rings. The van der Waals surface area contributed by atoms with Crippen LogP contribution in [-0.2, 0) is 16.6 Å². The Morgan fingerprint density at radius 1 is 0.913 bits per heavy atom. The fourth-order valence-corrected chi connectivity index (χ4v) is 4.36. The van der Waals surface area contributed by atoms with Crippen molar-refractivity contribution in [3.05, 3.63) is 54.3 Å². The van der Waals surface area contributed by atoms with Gasteiger partial charge in [0, 0.05) is 19.6 Å². The number of hydrogen-bond donors (Lipinski definition) is 0. The van der Waals surface area contributed by atoms with Crippen LogP contribution < -0.4 is 0 Å². The van der Waals surface area contributed by atoms with Crippen molar-refractivity contribution in [2.75, 3.05) is 26.2 Å². The molecule has 1 aromatic carbocycles. The summed E-state index contributed by atoms with van der Waals surface area (Å²) in [6.45, 7) is 3.80. The van der Waals surface area contributed by atoms with Crippen molar-refractivity contribution in [2.24, 2.45) is 0 Å². The van der Waals surface area contributed by atoms with Crippen LogP contribution in [-0.4, -0.2) is 43.8 Å². The van der Waals surface area contributed by atoms with Crippen LogP contribution in [0.2, 0.25) is 0 Å². The number of nitrogens with zero attached hydrogens (tertiary/aromatic N) is 2. The fraction of sp³-hybridized carbons (Fsp3) is 0.412. The van der Waals surface area contributed by atoms with E-state index >= 15 is 0 Å². The van der Waals surface area contributed by atoms with Crippen molar-refractivity contribution in [1.82, 2.24) is 9.21 Å². The number of sulfonamides is 1. The Balaban J connectivity index is 1.59. The van der Waals surface area contributed by atoms with Crippen LogP contribution in [0.25, 0.3) is 0 Å². The van der Waals surface area contributed by atoms with Gasteiger partial charge in [0.2, 0.25) is 5.09 Å². The molecule has 2 heterocycles. The Bertz CT molecular complexity index is 689. The highest BCUT2D eigenvalue weighted by Crippen LogP contribution is 2.18. The average Bonchev–Trinajstić information content (AvgIpc) is 3.06. The van der Waals surface area contributed by atoms with Crippen molar-refractivity contribution in [1.29, 1.82) is 0 Å². The quantitative estimate of drug-likeness (QED) is 0.862. The van der Waals surface area contributed by atoms with Crippen LogP contribution in [0.4, 0.5) is 0 Å². The lowest BCUT2D eigenvalue weighted by Crippen LogP contribution is -2.39. The van der Waals surface area contributed by atoms with Crippen LogP contribution in [0.5, 0.6) is 0 Å². The average molecular weight is 334 g/mol. The molecule has 23 heavy (non-hydrogen) atoms. The zero-order valence-electron chi connectivity index (χ0n) is 13.1. The van der Waals surface area contributed by atoms with Gasteiger partial charge in [0.25, 0.3) is 10.0 Å². The zero-order valence-corrected chi connectivity index (χ0v) is 13.9. The molecule has 3 rings (SSSR count). The van der Waals surface area contributed by atoms with E-state index in [0.29, 0.717) is 13.1 Å². The van der Waals surface area contributed by atoms with Gasteiger partial charge in [-0.05, 0) is 43.6 Å². The van der Waals surface area contributed by atoms with Crippen molar-refractivity contribution in [3.8, 4) is 0 Å². The third kappa shape index (κ3) is 4.02. The first-order chi connectivity index (χ1) is 11.2. The van der Waals surface area contributed by atoms with Crippen LogP contribution in [0.3, 0.4) is 0 Å². The SMILES string of the molecule is O=S(=O)(c1ccco1)N1CCCN(Cc2ccccc2)CCC1. The summed E-state index contributed by atoms with van der Waals surface area (Å²) in [5, 5.41) is 0.0409. The summed E-state index contributed by atoms with van der Waals surface area (Å²) in [4.78, 5) is 2.40. The second-order valence-electron chi connectivity index (χ2n) is 5.81. The topological polar surface area (TPSA) is 53.8 Å². The minimum absolute atomic E-state index is 0.0409. The van der Waals surface area contributed by atoms with E-state index in [1.54, 1.807) is 10.4 Å². The lowest BCUT2D eigenvalue weighted by Gasteiger charge is -2.29. The molecule has 124 valence electrons. The molecule has 0 radical (unpaired) electrons. The van der Waals surface area contributed by atoms with E-state index in [9.17, 15) is 8.42 Å². The van der Waals surface area contributed by atoms with Crippen molar-refractivity contribution >= 4 is 10.0 Å². The maximum Gasteiger partial charge on any atom is 0.276 e. The first-order valence-electron chi connectivity index (χ1n) is 7.96. The monoisotopic (exact) mass is 334 g/mol. The molecule has 1 aliphatic heterocycles. The molecule has 0 aliphatic carbocycles. The van der Waals surface area contributed by atoms with Gasteiger partial charge in [-0.25, -0.2) is 8.42 Å². The van der Waals surface area contributed by atoms with Crippen LogP contribution in [0.1, 0.15) is 18.4 Å². The minimum Gasteiger partial charge on any atom is -0.452 e. The molecule has 5 nitrogen and oxygen atoms in total. The van der Waals surface area contributed by atoms with Crippen molar-refractivity contribution < 1.29 is 12.8 Å². The highest BCUT2D eigenvalue weighted by Gasteiger charge is 2.27. The van der Waals surface area contributed by atoms with E-state index in [4.69, 9.17) is 4.42 Å². The highest BCUT2D eigenvalue weighted by atomic mass is 32.2. The summed E-state index contributed by atoms with van der Waals surface area (Å²) in [6.07, 6.45) is 3.05. The van der Waals surface area contributed by atoms with Gasteiger partial charge in [-0.1, -0.05) is 30.3 Å². The summed E-state index contributed by atoms with van der Waals surface area (Å²) < 4.78 is 31.6. The Hall–Kier alpha value is -1.63.